The van der Waals surface area contributed by atoms with Gasteiger partial charge in [0.2, 0.25) is 0 Å². The third-order valence-electron chi connectivity index (χ3n) is 3.81. The number of nitrogens with two attached hydrogens (primary N) is 1. The van der Waals surface area contributed by atoms with Gasteiger partial charge in [-0.2, -0.15) is 0 Å². The van der Waals surface area contributed by atoms with E-state index < -0.39 is 5.54 Å². The molecule has 0 unspecified atom stereocenters. The molecule has 0 heterocycles. The lowest BCUT2D eigenvalue weighted by Gasteiger charge is -2.39. The number of amidine groups is 1. The summed E-state index contributed by atoms with van der Waals surface area (Å²) in [4.78, 5) is 11.8. The highest BCUT2D eigenvalue weighted by atomic mass is 16.2. The van der Waals surface area contributed by atoms with E-state index in [-0.39, 0.29) is 11.9 Å². The van der Waals surface area contributed by atoms with E-state index in [9.17, 15) is 4.79 Å². The predicted molar refractivity (Wildman–Crippen MR) is 73.7 cm³/mol. The number of unbranched alkanes of at least 4 members (excludes halogenated alkanes) is 1. The highest BCUT2D eigenvalue weighted by Crippen LogP contribution is 2.31. The third-order valence-corrected chi connectivity index (χ3v) is 3.81. The average molecular weight is 254 g/mol. The van der Waals surface area contributed by atoms with Crippen LogP contribution in [-0.4, -0.2) is 24.0 Å². The molecule has 0 aliphatic heterocycles. The molecule has 5 N–H and O–H groups in total. The van der Waals surface area contributed by atoms with Crippen molar-refractivity contribution in [1.82, 2.24) is 10.6 Å². The largest absolute Gasteiger partial charge is 0.386 e. The molecule has 18 heavy (non-hydrogen) atoms. The maximum Gasteiger partial charge on any atom is 0.315 e. The molecule has 1 rings (SSSR count). The van der Waals surface area contributed by atoms with Gasteiger partial charge >= 0.3 is 6.03 Å². The topological polar surface area (TPSA) is 91.0 Å². The Morgan fingerprint density at radius 1 is 1.44 bits per heavy atom. The van der Waals surface area contributed by atoms with Crippen molar-refractivity contribution in [3.8, 4) is 0 Å². The zero-order chi connectivity index (χ0) is 13.6. The van der Waals surface area contributed by atoms with Crippen molar-refractivity contribution < 1.29 is 4.79 Å². The van der Waals surface area contributed by atoms with Crippen LogP contribution in [0.15, 0.2) is 0 Å². The van der Waals surface area contributed by atoms with Gasteiger partial charge in [0.15, 0.2) is 0 Å². The van der Waals surface area contributed by atoms with Crippen LogP contribution in [0.4, 0.5) is 4.79 Å². The summed E-state index contributed by atoms with van der Waals surface area (Å²) >= 11 is 0. The SMILES string of the molecule is CCCCNC(=O)NC1(C(=N)N)CCC(C)CC1. The van der Waals surface area contributed by atoms with Crippen molar-refractivity contribution in [2.75, 3.05) is 6.54 Å². The van der Waals surface area contributed by atoms with E-state index in [1.165, 1.54) is 0 Å². The number of hydrogen-bond acceptors (Lipinski definition) is 2. The Bertz CT molecular complexity index is 295. The molecule has 1 aliphatic carbocycles. The number of carbonyl (C=O) groups is 1. The van der Waals surface area contributed by atoms with Crippen LogP contribution >= 0.6 is 0 Å². The molecule has 0 radical (unpaired) electrons. The lowest BCUT2D eigenvalue weighted by molar-refractivity contribution is 0.215. The Hall–Kier alpha value is -1.26. The van der Waals surface area contributed by atoms with Crippen LogP contribution < -0.4 is 16.4 Å². The molecule has 5 nitrogen and oxygen atoms in total. The van der Waals surface area contributed by atoms with Gasteiger partial charge < -0.3 is 16.4 Å². The van der Waals surface area contributed by atoms with E-state index in [2.05, 4.69) is 24.5 Å². The molecule has 104 valence electrons. The van der Waals surface area contributed by atoms with Gasteiger partial charge in [-0.3, -0.25) is 5.41 Å². The molecule has 0 spiro atoms. The van der Waals surface area contributed by atoms with Crippen LogP contribution in [0.5, 0.6) is 0 Å². The quantitative estimate of drug-likeness (QED) is 0.343. The minimum atomic E-state index is -0.622. The summed E-state index contributed by atoms with van der Waals surface area (Å²) in [5, 5.41) is 13.5. The van der Waals surface area contributed by atoms with Crippen LogP contribution in [0.3, 0.4) is 0 Å². The number of carbonyl (C=O) groups excluding carboxylic acids is 1. The van der Waals surface area contributed by atoms with Crippen LogP contribution in [0, 0.1) is 11.3 Å². The zero-order valence-corrected chi connectivity index (χ0v) is 11.5. The Morgan fingerprint density at radius 3 is 2.56 bits per heavy atom. The molecular weight excluding hydrogens is 228 g/mol. The van der Waals surface area contributed by atoms with Gasteiger partial charge in [0.25, 0.3) is 0 Å². The summed E-state index contributed by atoms with van der Waals surface area (Å²) in [5.41, 5.74) is 5.07. The lowest BCUT2D eigenvalue weighted by atomic mass is 9.76. The minimum absolute atomic E-state index is 0.0834. The fourth-order valence-electron chi connectivity index (χ4n) is 2.36. The van der Waals surface area contributed by atoms with Gasteiger partial charge in [0.1, 0.15) is 5.84 Å². The number of amides is 2. The first-order chi connectivity index (χ1) is 8.50. The molecule has 0 bridgehead atoms. The van der Waals surface area contributed by atoms with Crippen molar-refractivity contribution in [2.24, 2.45) is 11.7 Å². The molecule has 1 saturated carbocycles. The van der Waals surface area contributed by atoms with Gasteiger partial charge in [-0.05, 0) is 38.0 Å². The standard InChI is InChI=1S/C13H26N4O/c1-3-4-9-16-12(18)17-13(11(14)15)7-5-10(2)6-8-13/h10H,3-9H2,1-2H3,(H3,14,15)(H2,16,17,18). The van der Waals surface area contributed by atoms with Gasteiger partial charge in [-0.15, -0.1) is 0 Å². The van der Waals surface area contributed by atoms with Crippen LogP contribution in [0.2, 0.25) is 0 Å². The van der Waals surface area contributed by atoms with Gasteiger partial charge in [0.05, 0.1) is 5.54 Å². The average Bonchev–Trinajstić information content (AvgIpc) is 2.32. The number of hydrogen-bond donors (Lipinski definition) is 4. The van der Waals surface area contributed by atoms with E-state index in [0.717, 1.165) is 38.5 Å². The summed E-state index contributed by atoms with van der Waals surface area (Å²) in [7, 11) is 0. The molecule has 0 saturated heterocycles. The highest BCUT2D eigenvalue weighted by molar-refractivity contribution is 5.91. The Kier molecular flexibility index (Phi) is 5.44. The summed E-state index contributed by atoms with van der Waals surface area (Å²) in [5.74, 6) is 0.738. The van der Waals surface area contributed by atoms with Crippen LogP contribution in [0.1, 0.15) is 52.4 Å². The van der Waals surface area contributed by atoms with Crippen molar-refractivity contribution >= 4 is 11.9 Å². The minimum Gasteiger partial charge on any atom is -0.386 e. The first-order valence-electron chi connectivity index (χ1n) is 6.90. The third kappa shape index (κ3) is 3.89. The van der Waals surface area contributed by atoms with Crippen LogP contribution in [-0.2, 0) is 0 Å². The predicted octanol–water partition coefficient (Wildman–Crippen LogP) is 1.97. The molecular formula is C13H26N4O. The zero-order valence-electron chi connectivity index (χ0n) is 11.5. The van der Waals surface area contributed by atoms with Crippen LogP contribution in [0.25, 0.3) is 0 Å². The van der Waals surface area contributed by atoms with E-state index in [1.807, 2.05) is 0 Å². The van der Waals surface area contributed by atoms with Crippen molar-refractivity contribution in [2.45, 2.75) is 57.9 Å². The number of rotatable bonds is 5. The van der Waals surface area contributed by atoms with E-state index >= 15 is 0 Å². The maximum absolute atomic E-state index is 11.8. The Labute approximate surface area is 109 Å². The second-order valence-electron chi connectivity index (χ2n) is 5.41. The molecule has 0 aromatic heterocycles. The highest BCUT2D eigenvalue weighted by Gasteiger charge is 2.38. The fourth-order valence-corrected chi connectivity index (χ4v) is 2.36. The van der Waals surface area contributed by atoms with E-state index in [4.69, 9.17) is 11.1 Å². The molecule has 0 aromatic carbocycles. The summed E-state index contributed by atoms with van der Waals surface area (Å²) in [6.07, 6.45) is 5.58. The number of nitrogens with one attached hydrogen (secondary N) is 3. The molecule has 5 heteroatoms. The molecule has 0 aromatic rings. The van der Waals surface area contributed by atoms with Gasteiger partial charge in [-0.25, -0.2) is 4.79 Å². The second kappa shape index (κ2) is 6.61. The summed E-state index contributed by atoms with van der Waals surface area (Å²) in [6.45, 7) is 4.96. The second-order valence-corrected chi connectivity index (χ2v) is 5.41. The first kappa shape index (κ1) is 14.8. The molecule has 1 aliphatic rings. The first-order valence-corrected chi connectivity index (χ1v) is 6.90. The maximum atomic E-state index is 11.8. The van der Waals surface area contributed by atoms with Crippen molar-refractivity contribution in [1.29, 1.82) is 5.41 Å². The normalized spacial score (nSPS) is 27.6. The lowest BCUT2D eigenvalue weighted by Crippen LogP contribution is -2.60. The molecule has 2 amide bonds. The van der Waals surface area contributed by atoms with Crippen molar-refractivity contribution in [3.05, 3.63) is 0 Å². The number of urea groups is 1. The molecule has 0 atom stereocenters. The monoisotopic (exact) mass is 254 g/mol. The van der Waals surface area contributed by atoms with E-state index in [1.54, 1.807) is 0 Å². The Morgan fingerprint density at radius 2 is 2.06 bits per heavy atom. The smallest absolute Gasteiger partial charge is 0.315 e. The molecule has 1 fully saturated rings. The van der Waals surface area contributed by atoms with Gasteiger partial charge in [0, 0.05) is 6.54 Å². The summed E-state index contributed by atoms with van der Waals surface area (Å²) in [6, 6.07) is -0.201. The summed E-state index contributed by atoms with van der Waals surface area (Å²) < 4.78 is 0. The Balaban J connectivity index is 2.52. The fraction of sp³-hybridized carbons (Fsp3) is 0.846. The van der Waals surface area contributed by atoms with Gasteiger partial charge in [-0.1, -0.05) is 20.3 Å². The van der Waals surface area contributed by atoms with Crippen molar-refractivity contribution in [3.63, 3.8) is 0 Å². The van der Waals surface area contributed by atoms with E-state index in [0.29, 0.717) is 12.5 Å².